The maximum absolute atomic E-state index is 13.3. The van der Waals surface area contributed by atoms with Gasteiger partial charge < -0.3 is 0 Å². The smallest absolute Gasteiger partial charge is 0.142 e. The van der Waals surface area contributed by atoms with Crippen LogP contribution in [0.2, 0.25) is 5.02 Å². The Morgan fingerprint density at radius 3 is 2.50 bits per heavy atom. The van der Waals surface area contributed by atoms with Crippen LogP contribution >= 0.6 is 11.6 Å². The zero-order chi connectivity index (χ0) is 11.5. The summed E-state index contributed by atoms with van der Waals surface area (Å²) in [7, 11) is 0. The van der Waals surface area contributed by atoms with Crippen LogP contribution in [0.25, 0.3) is 0 Å². The van der Waals surface area contributed by atoms with Gasteiger partial charge in [-0.15, -0.1) is 0 Å². The third-order valence-corrected chi connectivity index (χ3v) is 4.15. The van der Waals surface area contributed by atoms with Gasteiger partial charge in [-0.3, -0.25) is 0 Å². The summed E-state index contributed by atoms with van der Waals surface area (Å²) in [4.78, 5) is 0. The zero-order valence-electron chi connectivity index (χ0n) is 9.68. The largest absolute Gasteiger partial charge is 0.205 e. The van der Waals surface area contributed by atoms with E-state index in [-0.39, 0.29) is 10.8 Å². The van der Waals surface area contributed by atoms with Crippen LogP contribution in [0.4, 0.5) is 4.39 Å². The number of rotatable bonds is 2. The second-order valence-electron chi connectivity index (χ2n) is 4.80. The summed E-state index contributed by atoms with van der Waals surface area (Å²) in [5.41, 5.74) is 1.12. The molecule has 0 radical (unpaired) electrons. The highest BCUT2D eigenvalue weighted by molar-refractivity contribution is 6.30. The molecule has 0 saturated heterocycles. The molecule has 88 valence electrons. The molecule has 1 aromatic carbocycles. The van der Waals surface area contributed by atoms with Crippen LogP contribution in [0.1, 0.15) is 50.5 Å². The second-order valence-corrected chi connectivity index (χ2v) is 5.21. The van der Waals surface area contributed by atoms with E-state index >= 15 is 0 Å². The first-order valence-corrected chi connectivity index (χ1v) is 6.53. The lowest BCUT2D eigenvalue weighted by molar-refractivity contribution is 0.318. The Balaban J connectivity index is 2.05. The number of halogens is 2. The van der Waals surface area contributed by atoms with Crippen molar-refractivity contribution in [1.29, 1.82) is 0 Å². The standard InChI is InChI=1S/C14H18ClF/c1-2-10-3-5-11(6-4-10)12-7-8-13(15)14(16)9-12/h7-11H,2-6H2,1H3. The van der Waals surface area contributed by atoms with Gasteiger partial charge in [-0.25, -0.2) is 4.39 Å². The van der Waals surface area contributed by atoms with Crippen LogP contribution in [-0.4, -0.2) is 0 Å². The summed E-state index contributed by atoms with van der Waals surface area (Å²) >= 11 is 5.69. The molecule has 2 rings (SSSR count). The van der Waals surface area contributed by atoms with Gasteiger partial charge in [-0.2, -0.15) is 0 Å². The van der Waals surface area contributed by atoms with Crippen LogP contribution in [0, 0.1) is 11.7 Å². The molecular weight excluding hydrogens is 223 g/mol. The van der Waals surface area contributed by atoms with Gasteiger partial charge in [0.2, 0.25) is 0 Å². The Bertz CT molecular complexity index is 354. The quantitative estimate of drug-likeness (QED) is 0.670. The van der Waals surface area contributed by atoms with E-state index in [0.29, 0.717) is 5.92 Å². The minimum Gasteiger partial charge on any atom is -0.205 e. The van der Waals surface area contributed by atoms with Crippen molar-refractivity contribution in [3.05, 3.63) is 34.6 Å². The van der Waals surface area contributed by atoms with Crippen LogP contribution in [-0.2, 0) is 0 Å². The molecule has 2 heteroatoms. The Morgan fingerprint density at radius 1 is 1.25 bits per heavy atom. The van der Waals surface area contributed by atoms with Gasteiger partial charge in [-0.05, 0) is 55.2 Å². The van der Waals surface area contributed by atoms with E-state index in [4.69, 9.17) is 11.6 Å². The van der Waals surface area contributed by atoms with Gasteiger partial charge in [0, 0.05) is 0 Å². The molecule has 0 nitrogen and oxygen atoms in total. The van der Waals surface area contributed by atoms with Gasteiger partial charge in [0.15, 0.2) is 0 Å². The molecule has 1 aliphatic rings. The fourth-order valence-corrected chi connectivity index (χ4v) is 2.79. The van der Waals surface area contributed by atoms with Crippen molar-refractivity contribution in [2.45, 2.75) is 44.9 Å². The summed E-state index contributed by atoms with van der Waals surface area (Å²) in [6.45, 7) is 2.26. The van der Waals surface area contributed by atoms with Crippen molar-refractivity contribution in [3.8, 4) is 0 Å². The fourth-order valence-electron chi connectivity index (χ4n) is 2.67. The Hall–Kier alpha value is -0.560. The highest BCUT2D eigenvalue weighted by atomic mass is 35.5. The van der Waals surface area contributed by atoms with Crippen LogP contribution < -0.4 is 0 Å². The lowest BCUT2D eigenvalue weighted by atomic mass is 9.78. The van der Waals surface area contributed by atoms with E-state index in [2.05, 4.69) is 6.92 Å². The molecule has 0 aliphatic heterocycles. The van der Waals surface area contributed by atoms with Gasteiger partial charge >= 0.3 is 0 Å². The van der Waals surface area contributed by atoms with E-state index in [1.807, 2.05) is 6.07 Å². The molecular formula is C14H18ClF. The molecule has 0 unspecified atom stereocenters. The normalized spacial score (nSPS) is 25.7. The van der Waals surface area contributed by atoms with Crippen molar-refractivity contribution in [3.63, 3.8) is 0 Å². The van der Waals surface area contributed by atoms with Crippen LogP contribution in [0.15, 0.2) is 18.2 Å². The van der Waals surface area contributed by atoms with E-state index < -0.39 is 0 Å². The molecule has 1 fully saturated rings. The first-order valence-electron chi connectivity index (χ1n) is 6.15. The lowest BCUT2D eigenvalue weighted by Crippen LogP contribution is -2.12. The number of hydrogen-bond donors (Lipinski definition) is 0. The molecule has 0 atom stereocenters. The Morgan fingerprint density at radius 2 is 1.94 bits per heavy atom. The van der Waals surface area contributed by atoms with Crippen molar-refractivity contribution in [2.24, 2.45) is 5.92 Å². The third-order valence-electron chi connectivity index (χ3n) is 3.84. The monoisotopic (exact) mass is 240 g/mol. The van der Waals surface area contributed by atoms with E-state index in [1.54, 1.807) is 12.1 Å². The van der Waals surface area contributed by atoms with Gasteiger partial charge in [0.1, 0.15) is 5.82 Å². The molecule has 1 aliphatic carbocycles. The summed E-state index contributed by atoms with van der Waals surface area (Å²) < 4.78 is 13.3. The third kappa shape index (κ3) is 2.57. The summed E-state index contributed by atoms with van der Waals surface area (Å²) in [5.74, 6) is 1.14. The maximum atomic E-state index is 13.3. The Labute approximate surface area is 102 Å². The summed E-state index contributed by atoms with van der Waals surface area (Å²) in [6.07, 6.45) is 6.23. The van der Waals surface area contributed by atoms with Gasteiger partial charge in [0.25, 0.3) is 0 Å². The molecule has 0 aromatic heterocycles. The molecule has 16 heavy (non-hydrogen) atoms. The van der Waals surface area contributed by atoms with Crippen LogP contribution in [0.3, 0.4) is 0 Å². The average molecular weight is 241 g/mol. The maximum Gasteiger partial charge on any atom is 0.142 e. The first-order chi connectivity index (χ1) is 7.70. The van der Waals surface area contributed by atoms with E-state index in [1.165, 1.54) is 32.1 Å². The van der Waals surface area contributed by atoms with Crippen molar-refractivity contribution in [2.75, 3.05) is 0 Å². The fraction of sp³-hybridized carbons (Fsp3) is 0.571. The number of hydrogen-bond acceptors (Lipinski definition) is 0. The topological polar surface area (TPSA) is 0 Å². The van der Waals surface area contributed by atoms with Crippen molar-refractivity contribution >= 4 is 11.6 Å². The number of benzene rings is 1. The summed E-state index contributed by atoms with van der Waals surface area (Å²) in [6, 6.07) is 5.26. The minimum atomic E-state index is -0.281. The molecule has 1 saturated carbocycles. The molecule has 0 heterocycles. The Kier molecular flexibility index (Phi) is 3.86. The zero-order valence-corrected chi connectivity index (χ0v) is 10.4. The molecule has 0 spiro atoms. The van der Waals surface area contributed by atoms with E-state index in [9.17, 15) is 4.39 Å². The van der Waals surface area contributed by atoms with Crippen molar-refractivity contribution < 1.29 is 4.39 Å². The lowest BCUT2D eigenvalue weighted by Gasteiger charge is -2.28. The molecule has 1 aromatic rings. The van der Waals surface area contributed by atoms with Crippen molar-refractivity contribution in [1.82, 2.24) is 0 Å². The molecule has 0 amide bonds. The second kappa shape index (κ2) is 5.18. The van der Waals surface area contributed by atoms with E-state index in [0.717, 1.165) is 11.5 Å². The summed E-state index contributed by atoms with van der Waals surface area (Å²) in [5, 5.41) is 0.228. The highest BCUT2D eigenvalue weighted by Gasteiger charge is 2.21. The van der Waals surface area contributed by atoms with Gasteiger partial charge in [-0.1, -0.05) is 31.0 Å². The molecule has 0 bridgehead atoms. The van der Waals surface area contributed by atoms with Crippen LogP contribution in [0.5, 0.6) is 0 Å². The SMILES string of the molecule is CCC1CCC(c2ccc(Cl)c(F)c2)CC1. The highest BCUT2D eigenvalue weighted by Crippen LogP contribution is 2.37. The predicted molar refractivity (Wildman–Crippen MR) is 66.4 cm³/mol. The minimum absolute atomic E-state index is 0.228. The predicted octanol–water partition coefficient (Wildman–Crippen LogP) is 5.16. The van der Waals surface area contributed by atoms with Gasteiger partial charge in [0.05, 0.1) is 5.02 Å². The first kappa shape index (κ1) is 11.9. The average Bonchev–Trinajstić information content (AvgIpc) is 2.33. The molecule has 0 N–H and O–H groups in total.